The molecule has 0 unspecified atom stereocenters. The van der Waals surface area contributed by atoms with E-state index in [2.05, 4.69) is 0 Å². The van der Waals surface area contributed by atoms with Crippen molar-refractivity contribution in [1.82, 2.24) is 0 Å². The van der Waals surface area contributed by atoms with E-state index in [9.17, 15) is 26.4 Å². The molecule has 180 valence electrons. The highest BCUT2D eigenvalue weighted by atomic mass is 32.2. The van der Waals surface area contributed by atoms with E-state index < -0.39 is 68.4 Å². The fourth-order valence-corrected chi connectivity index (χ4v) is 4.92. The highest BCUT2D eigenvalue weighted by Gasteiger charge is 2.61. The van der Waals surface area contributed by atoms with Crippen LogP contribution < -0.4 is 0 Å². The molecular weight excluding hydrogens is 468 g/mol. The fraction of sp³-hybridized carbons (Fsp3) is 0.579. The van der Waals surface area contributed by atoms with Gasteiger partial charge in [-0.2, -0.15) is 8.42 Å². The predicted molar refractivity (Wildman–Crippen MR) is 110 cm³/mol. The number of hydrogen-bond acceptors (Lipinski definition) is 11. The van der Waals surface area contributed by atoms with Crippen molar-refractivity contribution in [3.8, 4) is 0 Å². The van der Waals surface area contributed by atoms with Gasteiger partial charge in [0.05, 0.1) is 25.2 Å². The third kappa shape index (κ3) is 7.81. The van der Waals surface area contributed by atoms with E-state index in [1.165, 1.54) is 0 Å². The first-order valence-electron chi connectivity index (χ1n) is 9.41. The lowest BCUT2D eigenvalue weighted by Gasteiger charge is -2.33. The summed E-state index contributed by atoms with van der Waals surface area (Å²) in [5, 5.41) is 0. The maximum Gasteiger partial charge on any atom is 0.305 e. The summed E-state index contributed by atoms with van der Waals surface area (Å²) in [7, 11) is -7.84. The van der Waals surface area contributed by atoms with Crippen molar-refractivity contribution >= 4 is 31.9 Å². The maximum absolute atomic E-state index is 12.2. The third-order valence-corrected chi connectivity index (χ3v) is 5.88. The Morgan fingerprint density at radius 3 is 2.09 bits per heavy atom. The minimum atomic E-state index is -4.02. The summed E-state index contributed by atoms with van der Waals surface area (Å²) in [5.41, 5.74) is -1.27. The molecule has 13 heteroatoms. The zero-order valence-corrected chi connectivity index (χ0v) is 19.7. The topological polar surface area (TPSA) is 149 Å². The van der Waals surface area contributed by atoms with E-state index in [0.29, 0.717) is 5.56 Å². The summed E-state index contributed by atoms with van der Waals surface area (Å²) in [6.07, 6.45) is -2.60. The lowest BCUT2D eigenvalue weighted by atomic mass is 9.97. The van der Waals surface area contributed by atoms with Crippen LogP contribution in [0.1, 0.15) is 19.4 Å². The second-order valence-electron chi connectivity index (χ2n) is 7.49. The predicted octanol–water partition coefficient (Wildman–Crippen LogP) is 0.183. The first kappa shape index (κ1) is 26.2. The first-order chi connectivity index (χ1) is 14.7. The molecule has 0 N–H and O–H groups in total. The maximum atomic E-state index is 12.2. The van der Waals surface area contributed by atoms with Crippen LogP contribution in [0, 0.1) is 0 Å². The minimum absolute atomic E-state index is 0.0657. The third-order valence-electron chi connectivity index (χ3n) is 4.32. The SMILES string of the molecule is CC(=O)O[C@H]1O[C@@](COS(C)(=O)=O)(CS(C)(=O)=O)[C@@H](OCc2ccccc2)[C@H]1OC(C)=O. The lowest BCUT2D eigenvalue weighted by Crippen LogP contribution is -2.54. The van der Waals surface area contributed by atoms with Gasteiger partial charge in [-0.05, 0) is 5.56 Å². The summed E-state index contributed by atoms with van der Waals surface area (Å²) in [4.78, 5) is 23.3. The van der Waals surface area contributed by atoms with Gasteiger partial charge in [-0.3, -0.25) is 13.8 Å². The van der Waals surface area contributed by atoms with E-state index in [0.717, 1.165) is 26.4 Å². The summed E-state index contributed by atoms with van der Waals surface area (Å²) in [6.45, 7) is 1.33. The van der Waals surface area contributed by atoms with Gasteiger partial charge < -0.3 is 18.9 Å². The molecule has 0 aliphatic carbocycles. The molecule has 1 fully saturated rings. The van der Waals surface area contributed by atoms with E-state index in [1.807, 2.05) is 0 Å². The summed E-state index contributed by atoms with van der Waals surface area (Å²) < 4.78 is 74.7. The first-order valence-corrected chi connectivity index (χ1v) is 13.3. The Bertz CT molecular complexity index is 1020. The van der Waals surface area contributed by atoms with Gasteiger partial charge in [0.15, 0.2) is 6.10 Å². The van der Waals surface area contributed by atoms with Crippen molar-refractivity contribution < 1.29 is 49.6 Å². The van der Waals surface area contributed by atoms with Crippen molar-refractivity contribution in [2.45, 2.75) is 44.6 Å². The van der Waals surface area contributed by atoms with Gasteiger partial charge in [-0.1, -0.05) is 30.3 Å². The van der Waals surface area contributed by atoms with Crippen LogP contribution in [-0.4, -0.2) is 77.7 Å². The molecule has 1 aromatic carbocycles. The Morgan fingerprint density at radius 1 is 1.00 bits per heavy atom. The summed E-state index contributed by atoms with van der Waals surface area (Å²) in [5.74, 6) is -2.33. The van der Waals surface area contributed by atoms with Crippen molar-refractivity contribution in [1.29, 1.82) is 0 Å². The zero-order chi connectivity index (χ0) is 24.2. The second kappa shape index (κ2) is 10.3. The molecule has 1 aliphatic heterocycles. The molecule has 0 spiro atoms. The van der Waals surface area contributed by atoms with Crippen LogP contribution in [0.4, 0.5) is 0 Å². The minimum Gasteiger partial charge on any atom is -0.453 e. The fourth-order valence-electron chi connectivity index (χ4n) is 3.30. The van der Waals surface area contributed by atoms with Gasteiger partial charge in [0, 0.05) is 20.1 Å². The number of esters is 2. The van der Waals surface area contributed by atoms with Crippen molar-refractivity contribution in [2.75, 3.05) is 24.9 Å². The van der Waals surface area contributed by atoms with Gasteiger partial charge in [-0.15, -0.1) is 0 Å². The van der Waals surface area contributed by atoms with Crippen LogP contribution >= 0.6 is 0 Å². The molecule has 0 radical (unpaired) electrons. The number of rotatable bonds is 10. The monoisotopic (exact) mass is 494 g/mol. The number of benzene rings is 1. The van der Waals surface area contributed by atoms with Crippen LogP contribution in [0.25, 0.3) is 0 Å². The Morgan fingerprint density at radius 2 is 1.59 bits per heavy atom. The number of carbonyl (C=O) groups is 2. The quantitative estimate of drug-likeness (QED) is 0.324. The van der Waals surface area contributed by atoms with Crippen molar-refractivity contribution in [3.05, 3.63) is 35.9 Å². The molecule has 2 rings (SSSR count). The Balaban J connectivity index is 2.53. The molecule has 1 heterocycles. The highest BCUT2D eigenvalue weighted by Crippen LogP contribution is 2.38. The average molecular weight is 495 g/mol. The van der Waals surface area contributed by atoms with Crippen LogP contribution in [0.5, 0.6) is 0 Å². The van der Waals surface area contributed by atoms with Crippen LogP contribution in [0.2, 0.25) is 0 Å². The smallest absolute Gasteiger partial charge is 0.305 e. The van der Waals surface area contributed by atoms with E-state index in [4.69, 9.17) is 23.1 Å². The number of hydrogen-bond donors (Lipinski definition) is 0. The normalized spacial score (nSPS) is 25.9. The molecule has 1 saturated heterocycles. The van der Waals surface area contributed by atoms with Crippen LogP contribution in [-0.2, 0) is 59.3 Å². The number of sulfone groups is 1. The summed E-state index contributed by atoms with van der Waals surface area (Å²) >= 11 is 0. The lowest BCUT2D eigenvalue weighted by molar-refractivity contribution is -0.204. The van der Waals surface area contributed by atoms with Gasteiger partial charge in [0.2, 0.25) is 6.29 Å². The molecular formula is C19H26O11S2. The summed E-state index contributed by atoms with van der Waals surface area (Å²) in [6, 6.07) is 8.78. The number of ether oxygens (including phenoxy) is 4. The van der Waals surface area contributed by atoms with Crippen molar-refractivity contribution in [2.24, 2.45) is 0 Å². The Kier molecular flexibility index (Phi) is 8.39. The zero-order valence-electron chi connectivity index (χ0n) is 18.0. The Labute approximate surface area is 187 Å². The van der Waals surface area contributed by atoms with E-state index in [1.54, 1.807) is 30.3 Å². The van der Waals surface area contributed by atoms with E-state index in [-0.39, 0.29) is 6.61 Å². The van der Waals surface area contributed by atoms with Gasteiger partial charge >= 0.3 is 11.9 Å². The molecule has 0 saturated carbocycles. The van der Waals surface area contributed by atoms with Gasteiger partial charge in [-0.25, -0.2) is 8.42 Å². The molecule has 1 aliphatic rings. The molecule has 0 aromatic heterocycles. The van der Waals surface area contributed by atoms with E-state index >= 15 is 0 Å². The van der Waals surface area contributed by atoms with Gasteiger partial charge in [0.25, 0.3) is 10.1 Å². The second-order valence-corrected chi connectivity index (χ2v) is 11.3. The highest BCUT2D eigenvalue weighted by molar-refractivity contribution is 7.90. The molecule has 0 bridgehead atoms. The van der Waals surface area contributed by atoms with Crippen LogP contribution in [0.3, 0.4) is 0 Å². The molecule has 4 atom stereocenters. The number of carbonyl (C=O) groups excluding carboxylic acids is 2. The van der Waals surface area contributed by atoms with Gasteiger partial charge in [0.1, 0.15) is 21.5 Å². The average Bonchev–Trinajstić information content (AvgIpc) is 2.88. The molecule has 32 heavy (non-hydrogen) atoms. The molecule has 1 aromatic rings. The standard InChI is InChI=1S/C19H26O11S2/c1-13(20)28-16-17(26-10-15-8-6-5-7-9-15)19(12-31(3,22)23,11-27-32(4,24)25)30-18(16)29-14(2)21/h5-9,16-18H,10-12H2,1-4H3/t16-,17+,18+,19+/m1/s1. The van der Waals surface area contributed by atoms with Crippen molar-refractivity contribution in [3.63, 3.8) is 0 Å². The Hall–Kier alpha value is -2.06. The molecule has 11 nitrogen and oxygen atoms in total. The largest absolute Gasteiger partial charge is 0.453 e. The van der Waals surface area contributed by atoms with Crippen LogP contribution in [0.15, 0.2) is 30.3 Å². The molecule has 0 amide bonds.